The van der Waals surface area contributed by atoms with Crippen molar-refractivity contribution in [1.82, 2.24) is 14.7 Å². The number of hydrogen-bond acceptors (Lipinski definition) is 5. The van der Waals surface area contributed by atoms with Gasteiger partial charge in [-0.3, -0.25) is 9.59 Å². The zero-order chi connectivity index (χ0) is 19.4. The second kappa shape index (κ2) is 8.18. The molecule has 1 amide bonds. The van der Waals surface area contributed by atoms with Crippen molar-refractivity contribution in [1.29, 1.82) is 0 Å². The second-order valence-electron chi connectivity index (χ2n) is 6.16. The van der Waals surface area contributed by atoms with E-state index in [9.17, 15) is 9.59 Å². The van der Waals surface area contributed by atoms with E-state index >= 15 is 0 Å². The largest absolute Gasteiger partial charge is 0.334 e. The summed E-state index contributed by atoms with van der Waals surface area (Å²) in [6.07, 6.45) is 3.15. The van der Waals surface area contributed by atoms with E-state index in [4.69, 9.17) is 16.1 Å². The van der Waals surface area contributed by atoms with Gasteiger partial charge < -0.3 is 14.4 Å². The Labute approximate surface area is 161 Å². The molecule has 0 bridgehead atoms. The third kappa shape index (κ3) is 4.62. The quantitative estimate of drug-likeness (QED) is 0.700. The van der Waals surface area contributed by atoms with Crippen LogP contribution in [-0.2, 0) is 17.8 Å². The van der Waals surface area contributed by atoms with Crippen molar-refractivity contribution in [3.63, 3.8) is 0 Å². The molecule has 0 aliphatic rings. The van der Waals surface area contributed by atoms with Crippen molar-refractivity contribution in [2.24, 2.45) is 0 Å². The summed E-state index contributed by atoms with van der Waals surface area (Å²) < 4.78 is 6.54. The van der Waals surface area contributed by atoms with Crippen LogP contribution in [0.1, 0.15) is 24.7 Å². The molecule has 0 unspecified atom stereocenters. The lowest BCUT2D eigenvalue weighted by Gasteiger charge is -2.10. The summed E-state index contributed by atoms with van der Waals surface area (Å²) in [5.74, 6) is 0.592. The number of aromatic nitrogens is 3. The minimum absolute atomic E-state index is 0.144. The highest BCUT2D eigenvalue weighted by atomic mass is 35.5. The molecule has 2 heterocycles. The highest BCUT2D eigenvalue weighted by Crippen LogP contribution is 2.20. The molecule has 8 heteroatoms. The van der Waals surface area contributed by atoms with Crippen LogP contribution in [0.3, 0.4) is 0 Å². The molecule has 3 aromatic rings. The number of benzene rings is 1. The molecular formula is C19H19ClN4O3. The van der Waals surface area contributed by atoms with Gasteiger partial charge in [-0.25, -0.2) is 0 Å². The summed E-state index contributed by atoms with van der Waals surface area (Å²) in [5, 5.41) is 7.20. The lowest BCUT2D eigenvalue weighted by molar-refractivity contribution is -0.116. The molecule has 0 fully saturated rings. The van der Waals surface area contributed by atoms with Crippen LogP contribution in [0, 0.1) is 6.92 Å². The summed E-state index contributed by atoms with van der Waals surface area (Å²) in [6, 6.07) is 8.20. The zero-order valence-electron chi connectivity index (χ0n) is 15.0. The highest BCUT2D eigenvalue weighted by Gasteiger charge is 2.12. The Hall–Kier alpha value is -2.93. The van der Waals surface area contributed by atoms with Gasteiger partial charge in [0.25, 0.3) is 11.4 Å². The van der Waals surface area contributed by atoms with Crippen LogP contribution >= 0.6 is 11.6 Å². The topological polar surface area (TPSA) is 90.0 Å². The first-order valence-corrected chi connectivity index (χ1v) is 8.93. The van der Waals surface area contributed by atoms with E-state index in [1.807, 2.05) is 19.9 Å². The van der Waals surface area contributed by atoms with Crippen molar-refractivity contribution in [2.45, 2.75) is 33.2 Å². The summed E-state index contributed by atoms with van der Waals surface area (Å²) in [7, 11) is 0. The van der Waals surface area contributed by atoms with E-state index in [0.29, 0.717) is 34.4 Å². The number of aryl methyl sites for hydroxylation is 2. The molecule has 27 heavy (non-hydrogen) atoms. The monoisotopic (exact) mass is 386 g/mol. The van der Waals surface area contributed by atoms with E-state index < -0.39 is 0 Å². The summed E-state index contributed by atoms with van der Waals surface area (Å²) >= 11 is 5.97. The molecule has 1 aromatic carbocycles. The van der Waals surface area contributed by atoms with Gasteiger partial charge in [0.05, 0.1) is 5.56 Å². The minimum Gasteiger partial charge on any atom is -0.334 e. The summed E-state index contributed by atoms with van der Waals surface area (Å²) in [5.41, 5.74) is 1.77. The molecule has 0 saturated carbocycles. The molecule has 0 atom stereocenters. The van der Waals surface area contributed by atoms with Crippen molar-refractivity contribution in [2.75, 3.05) is 5.32 Å². The Kier molecular flexibility index (Phi) is 5.71. The van der Waals surface area contributed by atoms with Crippen LogP contribution in [0.25, 0.3) is 11.5 Å². The van der Waals surface area contributed by atoms with Crippen LogP contribution in [0.5, 0.6) is 0 Å². The highest BCUT2D eigenvalue weighted by molar-refractivity contribution is 6.31. The maximum Gasteiger partial charge on any atom is 0.259 e. The van der Waals surface area contributed by atoms with E-state index in [1.165, 1.54) is 16.8 Å². The van der Waals surface area contributed by atoms with Gasteiger partial charge >= 0.3 is 0 Å². The molecule has 0 aliphatic heterocycles. The summed E-state index contributed by atoms with van der Waals surface area (Å²) in [6.45, 7) is 3.74. The maximum atomic E-state index is 12.4. The third-order valence-electron chi connectivity index (χ3n) is 3.96. The van der Waals surface area contributed by atoms with Gasteiger partial charge in [-0.2, -0.15) is 4.98 Å². The molecule has 0 saturated heterocycles. The number of carbonyl (C=O) groups excluding carboxylic acids is 1. The Morgan fingerprint density at radius 1 is 1.30 bits per heavy atom. The number of amides is 1. The van der Waals surface area contributed by atoms with Crippen LogP contribution < -0.4 is 10.9 Å². The first-order valence-electron chi connectivity index (χ1n) is 8.55. The third-order valence-corrected chi connectivity index (χ3v) is 4.19. The predicted molar refractivity (Wildman–Crippen MR) is 103 cm³/mol. The fourth-order valence-corrected chi connectivity index (χ4v) is 2.72. The zero-order valence-corrected chi connectivity index (χ0v) is 15.8. The molecule has 7 nitrogen and oxygen atoms in total. The standard InChI is InChI=1S/C19H19ClN4O3/c1-3-4-16-22-19(27-23-16)13-6-8-18(26)24(10-13)11-17(25)21-15-9-14(20)7-5-12(15)2/h5-10H,3-4,11H2,1-2H3,(H,21,25). The molecule has 2 aromatic heterocycles. The van der Waals surface area contributed by atoms with E-state index in [1.54, 1.807) is 18.2 Å². The number of pyridine rings is 1. The molecule has 0 aliphatic carbocycles. The van der Waals surface area contributed by atoms with Crippen LogP contribution in [0.4, 0.5) is 5.69 Å². The first-order chi connectivity index (χ1) is 13.0. The number of rotatable bonds is 6. The lowest BCUT2D eigenvalue weighted by Crippen LogP contribution is -2.27. The maximum absolute atomic E-state index is 12.4. The first kappa shape index (κ1) is 18.8. The molecule has 0 radical (unpaired) electrons. The van der Waals surface area contributed by atoms with Gasteiger partial charge in [0, 0.05) is 29.4 Å². The second-order valence-corrected chi connectivity index (χ2v) is 6.59. The fraction of sp³-hybridized carbons (Fsp3) is 0.263. The Morgan fingerprint density at radius 2 is 2.11 bits per heavy atom. The number of halogens is 1. The molecule has 140 valence electrons. The van der Waals surface area contributed by atoms with Crippen LogP contribution in [0.2, 0.25) is 5.02 Å². The van der Waals surface area contributed by atoms with Gasteiger partial charge in [-0.05, 0) is 37.1 Å². The van der Waals surface area contributed by atoms with Gasteiger partial charge in [-0.1, -0.05) is 29.7 Å². The molecular weight excluding hydrogens is 368 g/mol. The van der Waals surface area contributed by atoms with Crippen molar-refractivity contribution in [3.8, 4) is 11.5 Å². The normalized spacial score (nSPS) is 10.8. The average Bonchev–Trinajstić information content (AvgIpc) is 3.09. The van der Waals surface area contributed by atoms with Crippen molar-refractivity contribution >= 4 is 23.2 Å². The van der Waals surface area contributed by atoms with Crippen molar-refractivity contribution < 1.29 is 9.32 Å². The Morgan fingerprint density at radius 3 is 2.89 bits per heavy atom. The number of nitrogens with zero attached hydrogens (tertiary/aromatic N) is 3. The van der Waals surface area contributed by atoms with E-state index in [0.717, 1.165) is 12.0 Å². The number of hydrogen-bond donors (Lipinski definition) is 1. The lowest BCUT2D eigenvalue weighted by atomic mass is 10.2. The Bertz CT molecular complexity index is 1030. The summed E-state index contributed by atoms with van der Waals surface area (Å²) in [4.78, 5) is 28.8. The van der Waals surface area contributed by atoms with Gasteiger partial charge in [0.15, 0.2) is 5.82 Å². The molecule has 3 rings (SSSR count). The van der Waals surface area contributed by atoms with E-state index in [2.05, 4.69) is 15.5 Å². The molecule has 0 spiro atoms. The smallest absolute Gasteiger partial charge is 0.259 e. The van der Waals surface area contributed by atoms with Crippen LogP contribution in [-0.4, -0.2) is 20.6 Å². The number of carbonyl (C=O) groups is 1. The SMILES string of the molecule is CCCc1noc(-c2ccc(=O)n(CC(=O)Nc3cc(Cl)ccc3C)c2)n1. The van der Waals surface area contributed by atoms with Crippen LogP contribution in [0.15, 0.2) is 45.8 Å². The number of nitrogens with one attached hydrogen (secondary N) is 1. The van der Waals surface area contributed by atoms with E-state index in [-0.39, 0.29) is 18.0 Å². The van der Waals surface area contributed by atoms with Gasteiger partial charge in [0.2, 0.25) is 5.91 Å². The fourth-order valence-electron chi connectivity index (χ4n) is 2.55. The minimum atomic E-state index is -0.336. The van der Waals surface area contributed by atoms with Crippen molar-refractivity contribution in [3.05, 3.63) is 63.3 Å². The van der Waals surface area contributed by atoms with Gasteiger partial charge in [-0.15, -0.1) is 0 Å². The Balaban J connectivity index is 1.78. The average molecular weight is 387 g/mol. The predicted octanol–water partition coefficient (Wildman–Crippen LogP) is 3.45. The molecule has 1 N–H and O–H groups in total. The van der Waals surface area contributed by atoms with Gasteiger partial charge in [0.1, 0.15) is 6.54 Å². The number of anilines is 1.